The summed E-state index contributed by atoms with van der Waals surface area (Å²) in [4.78, 5) is 77.3. The van der Waals surface area contributed by atoms with Gasteiger partial charge in [0.1, 0.15) is 19.8 Å². The molecule has 1 rings (SSSR count). The van der Waals surface area contributed by atoms with Crippen LogP contribution in [0.1, 0.15) is 175 Å². The maximum atomic E-state index is 13.4. The smallest absolute Gasteiger partial charge is 0.336 e. The number of hydrogen-bond acceptors (Lipinski definition) is 9. The molecule has 324 valence electrons. The van der Waals surface area contributed by atoms with Crippen LogP contribution >= 0.6 is 0 Å². The second-order valence-corrected chi connectivity index (χ2v) is 14.6. The van der Waals surface area contributed by atoms with Gasteiger partial charge in [0.15, 0.2) is 0 Å². The minimum atomic E-state index is -0.906. The summed E-state index contributed by atoms with van der Waals surface area (Å²) in [5, 5.41) is 0. The summed E-state index contributed by atoms with van der Waals surface area (Å²) < 4.78 is 18.4. The molecule has 0 aliphatic heterocycles. The highest BCUT2D eigenvalue weighted by atomic mass is 16.5. The molecule has 0 atom stereocenters. The Morgan fingerprint density at radius 3 is 0.877 bits per heavy atom. The zero-order valence-corrected chi connectivity index (χ0v) is 35.7. The number of unbranched alkanes of at least 4 members (excludes halogenated alkanes) is 15. The number of ether oxygens (including phenoxy) is 3. The largest absolute Gasteiger partial charge is 0.464 e. The molecule has 0 aliphatic carbocycles. The average molecular weight is 802 g/mol. The van der Waals surface area contributed by atoms with E-state index >= 15 is 0 Å². The molecular weight excluding hydrogens is 727 g/mol. The van der Waals surface area contributed by atoms with Crippen molar-refractivity contribution in [2.24, 2.45) is 0 Å². The summed E-state index contributed by atoms with van der Waals surface area (Å²) in [5.41, 5.74) is -2.72. The van der Waals surface area contributed by atoms with E-state index in [4.69, 9.17) is 14.2 Å². The van der Waals surface area contributed by atoms with Crippen LogP contribution in [0.3, 0.4) is 0 Å². The number of carbonyl (C=O) groups is 3. The number of rotatable bonds is 36. The highest BCUT2D eigenvalue weighted by Gasteiger charge is 2.17. The molecule has 1 aromatic rings. The van der Waals surface area contributed by atoms with Crippen molar-refractivity contribution in [1.29, 1.82) is 0 Å². The Bertz CT molecular complexity index is 1300. The molecule has 0 radical (unpaired) electrons. The Balaban J connectivity index is 2.80. The number of aromatic nitrogens is 3. The van der Waals surface area contributed by atoms with E-state index in [-0.39, 0.29) is 58.7 Å². The molecule has 12 nitrogen and oxygen atoms in total. The Kier molecular flexibility index (Phi) is 31.6. The fourth-order valence-electron chi connectivity index (χ4n) is 6.09. The first kappa shape index (κ1) is 51.1. The van der Waals surface area contributed by atoms with Crippen molar-refractivity contribution in [3.8, 4) is 0 Å². The van der Waals surface area contributed by atoms with Gasteiger partial charge in [0.05, 0.1) is 19.6 Å². The van der Waals surface area contributed by atoms with Gasteiger partial charge in [-0.1, -0.05) is 115 Å². The topological polar surface area (TPSA) is 145 Å². The Morgan fingerprint density at radius 2 is 0.632 bits per heavy atom. The molecule has 0 aliphatic rings. The van der Waals surface area contributed by atoms with Gasteiger partial charge in [-0.05, 0) is 77.0 Å². The van der Waals surface area contributed by atoms with E-state index in [9.17, 15) is 28.8 Å². The van der Waals surface area contributed by atoms with Crippen molar-refractivity contribution in [1.82, 2.24) is 13.7 Å². The quantitative estimate of drug-likeness (QED) is 0.0281. The predicted molar refractivity (Wildman–Crippen MR) is 227 cm³/mol. The molecule has 1 aromatic heterocycles. The molecule has 0 fully saturated rings. The molecule has 0 amide bonds. The van der Waals surface area contributed by atoms with Crippen molar-refractivity contribution < 1.29 is 28.6 Å². The highest BCUT2D eigenvalue weighted by molar-refractivity contribution is 5.69. The van der Waals surface area contributed by atoms with Crippen LogP contribution < -0.4 is 17.1 Å². The molecule has 0 spiro atoms. The first-order chi connectivity index (χ1) is 27.8. The van der Waals surface area contributed by atoms with Crippen LogP contribution in [0.25, 0.3) is 0 Å². The molecule has 0 saturated heterocycles. The van der Waals surface area contributed by atoms with Gasteiger partial charge in [-0.2, -0.15) is 0 Å². The molecular formula is C45H75N3O9. The second kappa shape index (κ2) is 35.2. The zero-order chi connectivity index (χ0) is 41.8. The van der Waals surface area contributed by atoms with Gasteiger partial charge in [-0.3, -0.25) is 14.4 Å². The molecule has 0 saturated carbocycles. The summed E-state index contributed by atoms with van der Waals surface area (Å²) in [5.74, 6) is -1.34. The number of esters is 3. The van der Waals surface area contributed by atoms with Gasteiger partial charge in [0.25, 0.3) is 0 Å². The Hall–Kier alpha value is -3.96. The number of hydrogen-bond donors (Lipinski definition) is 0. The van der Waals surface area contributed by atoms with Crippen molar-refractivity contribution >= 4 is 17.9 Å². The molecule has 0 unspecified atom stereocenters. The summed E-state index contributed by atoms with van der Waals surface area (Å²) in [6.07, 6.45) is 34.8. The van der Waals surface area contributed by atoms with Crippen molar-refractivity contribution in [2.75, 3.05) is 19.8 Å². The summed E-state index contributed by atoms with van der Waals surface area (Å²) in [7, 11) is 0. The summed E-state index contributed by atoms with van der Waals surface area (Å²) in [6, 6.07) is 0. The van der Waals surface area contributed by atoms with Gasteiger partial charge in [-0.15, -0.1) is 0 Å². The lowest BCUT2D eigenvalue weighted by Crippen LogP contribution is -2.55. The fraction of sp³-hybridized carbons (Fsp3) is 0.733. The van der Waals surface area contributed by atoms with Gasteiger partial charge in [0.2, 0.25) is 0 Å². The van der Waals surface area contributed by atoms with Gasteiger partial charge >= 0.3 is 35.0 Å². The van der Waals surface area contributed by atoms with Gasteiger partial charge in [0, 0.05) is 19.3 Å². The SMILES string of the molecule is CCCCCC/C=C/CCCC(=O)OCCn1c(=O)n(CCOC(=O)CCC/C=C/CCCCCC)c(=O)n(CCOC(=O)CCC/C=C/CCCCCC)c1=O. The fourth-order valence-corrected chi connectivity index (χ4v) is 6.09. The Morgan fingerprint density at radius 1 is 0.386 bits per heavy atom. The normalized spacial score (nSPS) is 11.6. The monoisotopic (exact) mass is 802 g/mol. The third-order valence-corrected chi connectivity index (χ3v) is 9.55. The third kappa shape index (κ3) is 25.8. The molecule has 1 heterocycles. The summed E-state index contributed by atoms with van der Waals surface area (Å²) >= 11 is 0. The highest BCUT2D eigenvalue weighted by Crippen LogP contribution is 2.07. The van der Waals surface area contributed by atoms with E-state index in [2.05, 4.69) is 57.2 Å². The molecule has 0 aromatic carbocycles. The van der Waals surface area contributed by atoms with Crippen LogP contribution in [0, 0.1) is 0 Å². The van der Waals surface area contributed by atoms with Crippen LogP contribution in [-0.4, -0.2) is 51.4 Å². The minimum Gasteiger partial charge on any atom is -0.464 e. The number of allylic oxidation sites excluding steroid dienone is 6. The number of nitrogens with zero attached hydrogens (tertiary/aromatic N) is 3. The third-order valence-electron chi connectivity index (χ3n) is 9.55. The van der Waals surface area contributed by atoms with E-state index in [1.54, 1.807) is 0 Å². The summed E-state index contributed by atoms with van der Waals surface area (Å²) in [6.45, 7) is 4.97. The number of carbonyl (C=O) groups excluding carboxylic acids is 3. The zero-order valence-electron chi connectivity index (χ0n) is 35.7. The van der Waals surface area contributed by atoms with E-state index in [0.717, 1.165) is 71.5 Å². The molecule has 0 N–H and O–H groups in total. The lowest BCUT2D eigenvalue weighted by Gasteiger charge is -2.14. The van der Waals surface area contributed by atoms with E-state index in [1.165, 1.54) is 57.8 Å². The average Bonchev–Trinajstić information content (AvgIpc) is 3.19. The standard InChI is InChI=1S/C45H75N3O9/c1-4-7-10-13-16-19-22-25-28-31-40(49)55-37-34-46-43(52)47(35-38-56-41(50)32-29-26-23-20-17-14-11-8-5-2)45(54)48(44(46)53)36-39-57-42(51)33-30-27-24-21-18-15-12-9-6-3/h19-24H,4-18,25-39H2,1-3H3/b22-19+,23-20+,24-21+. The Labute approximate surface area is 341 Å². The van der Waals surface area contributed by atoms with Crippen molar-refractivity contribution in [3.05, 3.63) is 67.9 Å². The predicted octanol–water partition coefficient (Wildman–Crippen LogP) is 8.89. The van der Waals surface area contributed by atoms with Crippen LogP contribution in [0.5, 0.6) is 0 Å². The lowest BCUT2D eigenvalue weighted by atomic mass is 10.1. The molecule has 12 heteroatoms. The van der Waals surface area contributed by atoms with Crippen LogP contribution in [0.4, 0.5) is 0 Å². The van der Waals surface area contributed by atoms with Gasteiger partial charge < -0.3 is 14.2 Å². The van der Waals surface area contributed by atoms with E-state index < -0.39 is 35.0 Å². The maximum absolute atomic E-state index is 13.4. The van der Waals surface area contributed by atoms with Crippen molar-refractivity contribution in [2.45, 2.75) is 195 Å². The molecule has 0 bridgehead atoms. The van der Waals surface area contributed by atoms with Crippen LogP contribution in [-0.2, 0) is 48.2 Å². The second-order valence-electron chi connectivity index (χ2n) is 14.6. The maximum Gasteiger partial charge on any atom is 0.336 e. The minimum absolute atomic E-state index is 0.195. The first-order valence-corrected chi connectivity index (χ1v) is 22.1. The van der Waals surface area contributed by atoms with Crippen molar-refractivity contribution in [3.63, 3.8) is 0 Å². The van der Waals surface area contributed by atoms with Crippen LogP contribution in [0.15, 0.2) is 50.8 Å². The van der Waals surface area contributed by atoms with Crippen LogP contribution in [0.2, 0.25) is 0 Å². The first-order valence-electron chi connectivity index (χ1n) is 22.1. The van der Waals surface area contributed by atoms with Gasteiger partial charge in [-0.25, -0.2) is 28.1 Å². The lowest BCUT2D eigenvalue weighted by molar-refractivity contribution is -0.144. The van der Waals surface area contributed by atoms with E-state index in [0.29, 0.717) is 19.3 Å². The van der Waals surface area contributed by atoms with E-state index in [1.807, 2.05) is 0 Å². The molecule has 57 heavy (non-hydrogen) atoms.